The SMILES string of the molecule is CCOC(=O)C(S(=O)O)(S(=O)O)S(=O)O. The van der Waals surface area contributed by atoms with E-state index in [2.05, 4.69) is 4.74 Å². The van der Waals surface area contributed by atoms with E-state index in [4.69, 9.17) is 13.7 Å². The summed E-state index contributed by atoms with van der Waals surface area (Å²) in [6.45, 7) is 1.05. The van der Waals surface area contributed by atoms with Crippen molar-refractivity contribution in [2.75, 3.05) is 6.61 Å². The second kappa shape index (κ2) is 5.77. The van der Waals surface area contributed by atoms with Gasteiger partial charge in [0, 0.05) is 0 Å². The van der Waals surface area contributed by atoms with Crippen molar-refractivity contribution in [1.82, 2.24) is 0 Å². The van der Waals surface area contributed by atoms with Crippen LogP contribution in [0.25, 0.3) is 0 Å². The Morgan fingerprint density at radius 1 is 1.13 bits per heavy atom. The van der Waals surface area contributed by atoms with Crippen LogP contribution in [0.3, 0.4) is 0 Å². The molecule has 0 bridgehead atoms. The van der Waals surface area contributed by atoms with Crippen molar-refractivity contribution in [2.45, 2.75) is 10.3 Å². The lowest BCUT2D eigenvalue weighted by molar-refractivity contribution is -0.141. The van der Waals surface area contributed by atoms with Gasteiger partial charge in [-0.2, -0.15) is 0 Å². The predicted octanol–water partition coefficient (Wildman–Crippen LogP) is -1.13. The maximum absolute atomic E-state index is 11.1. The van der Waals surface area contributed by atoms with Gasteiger partial charge in [-0.1, -0.05) is 0 Å². The zero-order chi connectivity index (χ0) is 12.2. The molecule has 0 aromatic carbocycles. The number of carbonyl (C=O) groups is 1. The Balaban J connectivity index is 5.53. The van der Waals surface area contributed by atoms with Gasteiger partial charge in [0.15, 0.2) is 0 Å². The Morgan fingerprint density at radius 2 is 1.47 bits per heavy atom. The summed E-state index contributed by atoms with van der Waals surface area (Å²) in [5, 5.41) is 0. The highest BCUT2D eigenvalue weighted by Gasteiger charge is 2.59. The number of esters is 1. The fraction of sp³-hybridized carbons (Fsp3) is 0.750. The maximum atomic E-state index is 11.1. The Kier molecular flexibility index (Phi) is 5.69. The molecular weight excluding hydrogens is 272 g/mol. The van der Waals surface area contributed by atoms with Gasteiger partial charge in [-0.3, -0.25) is 0 Å². The molecule has 0 amide bonds. The first-order valence-electron chi connectivity index (χ1n) is 3.31. The van der Waals surface area contributed by atoms with Crippen LogP contribution in [0.4, 0.5) is 0 Å². The van der Waals surface area contributed by atoms with Crippen LogP contribution in [-0.2, 0) is 42.8 Å². The Hall–Kier alpha value is -0.200. The van der Waals surface area contributed by atoms with Gasteiger partial charge in [-0.25, -0.2) is 17.4 Å². The van der Waals surface area contributed by atoms with Gasteiger partial charge in [0.1, 0.15) is 0 Å². The summed E-state index contributed by atoms with van der Waals surface area (Å²) in [5.74, 6) is -1.69. The maximum Gasteiger partial charge on any atom is 0.364 e. The normalized spacial score (nSPS) is 21.1. The molecule has 0 heterocycles. The molecule has 0 spiro atoms. The van der Waals surface area contributed by atoms with E-state index >= 15 is 0 Å². The van der Waals surface area contributed by atoms with Crippen molar-refractivity contribution in [3.05, 3.63) is 0 Å². The summed E-state index contributed by atoms with van der Waals surface area (Å²) >= 11 is -9.99. The third-order valence-electron chi connectivity index (χ3n) is 1.22. The van der Waals surface area contributed by atoms with Crippen LogP contribution < -0.4 is 0 Å². The van der Waals surface area contributed by atoms with Crippen LogP contribution >= 0.6 is 0 Å². The lowest BCUT2D eigenvalue weighted by atomic mass is 10.7. The molecule has 8 nitrogen and oxygen atoms in total. The van der Waals surface area contributed by atoms with E-state index in [0.29, 0.717) is 0 Å². The van der Waals surface area contributed by atoms with Gasteiger partial charge in [0.25, 0.3) is 0 Å². The van der Waals surface area contributed by atoms with Crippen molar-refractivity contribution in [3.8, 4) is 0 Å². The van der Waals surface area contributed by atoms with E-state index in [9.17, 15) is 17.4 Å². The number of carbonyl (C=O) groups excluding carboxylic acids is 1. The Bertz CT molecular complexity index is 288. The Labute approximate surface area is 92.2 Å². The molecule has 0 aliphatic carbocycles. The second-order valence-electron chi connectivity index (χ2n) is 2.02. The topological polar surface area (TPSA) is 138 Å². The first-order chi connectivity index (χ1) is 6.81. The molecular formula is C4H8O8S3. The van der Waals surface area contributed by atoms with Crippen LogP contribution in [0.2, 0.25) is 0 Å². The summed E-state index contributed by atoms with van der Waals surface area (Å²) in [7, 11) is 0. The van der Waals surface area contributed by atoms with Gasteiger partial charge in [0.2, 0.25) is 33.2 Å². The average Bonchev–Trinajstić information content (AvgIpc) is 2.02. The second-order valence-corrected chi connectivity index (χ2v) is 6.13. The van der Waals surface area contributed by atoms with E-state index in [1.807, 2.05) is 0 Å². The highest BCUT2D eigenvalue weighted by atomic mass is 32.3. The monoisotopic (exact) mass is 280 g/mol. The van der Waals surface area contributed by atoms with Crippen molar-refractivity contribution in [1.29, 1.82) is 0 Å². The van der Waals surface area contributed by atoms with Crippen LogP contribution in [0, 0.1) is 0 Å². The molecule has 3 unspecified atom stereocenters. The third-order valence-corrected chi connectivity index (χ3v) is 5.66. The minimum absolute atomic E-state index is 0.272. The molecule has 3 N–H and O–H groups in total. The van der Waals surface area contributed by atoms with Crippen LogP contribution in [-0.4, -0.2) is 42.3 Å². The number of ether oxygens (including phenoxy) is 1. The van der Waals surface area contributed by atoms with E-state index in [-0.39, 0.29) is 6.61 Å². The number of hydrogen-bond acceptors (Lipinski definition) is 5. The van der Waals surface area contributed by atoms with Crippen molar-refractivity contribution < 1.29 is 35.8 Å². The molecule has 0 aromatic heterocycles. The van der Waals surface area contributed by atoms with E-state index < -0.39 is 42.6 Å². The van der Waals surface area contributed by atoms with Crippen LogP contribution in [0.1, 0.15) is 6.92 Å². The van der Waals surface area contributed by atoms with E-state index in [1.54, 1.807) is 0 Å². The van der Waals surface area contributed by atoms with Crippen LogP contribution in [0.5, 0.6) is 0 Å². The lowest BCUT2D eigenvalue weighted by Crippen LogP contribution is -2.51. The smallest absolute Gasteiger partial charge is 0.364 e. The van der Waals surface area contributed by atoms with Gasteiger partial charge < -0.3 is 18.4 Å². The summed E-state index contributed by atoms with van der Waals surface area (Å²) in [6.07, 6.45) is 0. The van der Waals surface area contributed by atoms with Gasteiger partial charge in [-0.15, -0.1) is 0 Å². The fourth-order valence-corrected chi connectivity index (χ4v) is 2.68. The molecule has 0 saturated carbocycles. The highest BCUT2D eigenvalue weighted by molar-refractivity contribution is 8.16. The summed E-state index contributed by atoms with van der Waals surface area (Å²) in [6, 6.07) is 0. The lowest BCUT2D eigenvalue weighted by Gasteiger charge is -2.19. The first kappa shape index (κ1) is 14.8. The molecule has 0 aromatic rings. The predicted molar refractivity (Wildman–Crippen MR) is 51.7 cm³/mol. The molecule has 0 rings (SSSR count). The molecule has 11 heteroatoms. The van der Waals surface area contributed by atoms with E-state index in [1.165, 1.54) is 6.92 Å². The molecule has 15 heavy (non-hydrogen) atoms. The average molecular weight is 280 g/mol. The summed E-state index contributed by atoms with van der Waals surface area (Å²) < 4.78 is 59.1. The van der Waals surface area contributed by atoms with Gasteiger partial charge in [-0.05, 0) is 6.92 Å². The molecule has 0 aliphatic heterocycles. The standard InChI is InChI=1S/C4H8O8S3/c1-2-12-3(5)4(13(6)7,14(8)9)15(10)11/h2H2,1H3,(H,6,7)(H,8,9)(H,10,11). The summed E-state index contributed by atoms with van der Waals surface area (Å²) in [4.78, 5) is 11.1. The zero-order valence-electron chi connectivity index (χ0n) is 7.31. The molecule has 0 saturated heterocycles. The van der Waals surface area contributed by atoms with Crippen molar-refractivity contribution in [2.24, 2.45) is 0 Å². The minimum atomic E-state index is -3.33. The molecule has 90 valence electrons. The largest absolute Gasteiger partial charge is 0.463 e. The number of hydrogen-bond donors (Lipinski definition) is 3. The van der Waals surface area contributed by atoms with Crippen LogP contribution in [0.15, 0.2) is 0 Å². The van der Waals surface area contributed by atoms with Crippen molar-refractivity contribution in [3.63, 3.8) is 0 Å². The molecule has 3 atom stereocenters. The molecule has 0 aliphatic rings. The highest BCUT2D eigenvalue weighted by Crippen LogP contribution is 2.23. The third kappa shape index (κ3) is 2.68. The fourth-order valence-electron chi connectivity index (χ4n) is 0.616. The van der Waals surface area contributed by atoms with Gasteiger partial charge in [0.05, 0.1) is 6.61 Å². The van der Waals surface area contributed by atoms with Crippen molar-refractivity contribution >= 4 is 39.2 Å². The first-order valence-corrected chi connectivity index (χ1v) is 6.63. The minimum Gasteiger partial charge on any atom is -0.463 e. The Morgan fingerprint density at radius 3 is 1.67 bits per heavy atom. The quantitative estimate of drug-likeness (QED) is 0.424. The van der Waals surface area contributed by atoms with E-state index in [0.717, 1.165) is 0 Å². The molecule has 0 radical (unpaired) electrons. The zero-order valence-corrected chi connectivity index (χ0v) is 9.76. The van der Waals surface area contributed by atoms with Gasteiger partial charge >= 0.3 is 9.38 Å². The molecule has 0 fully saturated rings. The number of rotatable bonds is 5. The summed E-state index contributed by atoms with van der Waals surface area (Å²) in [5.41, 5.74) is 0.